The van der Waals surface area contributed by atoms with Crippen LogP contribution in [0.25, 0.3) is 10.8 Å². The Hall–Kier alpha value is -1.87. The third-order valence-electron chi connectivity index (χ3n) is 4.48. The summed E-state index contributed by atoms with van der Waals surface area (Å²) < 4.78 is 0. The predicted octanol–water partition coefficient (Wildman–Crippen LogP) is 3.57. The Morgan fingerprint density at radius 3 is 2.81 bits per heavy atom. The minimum atomic E-state index is -0.647. The second-order valence-corrected chi connectivity index (χ2v) is 5.92. The molecular weight excluding hydrogens is 262 g/mol. The van der Waals surface area contributed by atoms with Crippen LogP contribution in [-0.4, -0.2) is 17.1 Å². The zero-order chi connectivity index (χ0) is 14.7. The van der Waals surface area contributed by atoms with E-state index in [9.17, 15) is 4.79 Å². The third-order valence-corrected chi connectivity index (χ3v) is 4.48. The average molecular weight is 283 g/mol. The highest BCUT2D eigenvalue weighted by Crippen LogP contribution is 2.25. The molecule has 1 aliphatic rings. The molecular formula is C18H21NO2. The summed E-state index contributed by atoms with van der Waals surface area (Å²) in [5.74, 6) is -0.824. The van der Waals surface area contributed by atoms with Crippen LogP contribution in [0.5, 0.6) is 0 Å². The molecule has 0 amide bonds. The maximum atomic E-state index is 11.1. The van der Waals surface area contributed by atoms with Crippen LogP contribution < -0.4 is 5.32 Å². The molecule has 3 rings (SSSR count). The first-order valence-electron chi connectivity index (χ1n) is 7.67. The van der Waals surface area contributed by atoms with Gasteiger partial charge < -0.3 is 10.4 Å². The van der Waals surface area contributed by atoms with Crippen molar-refractivity contribution in [3.63, 3.8) is 0 Å². The second-order valence-electron chi connectivity index (χ2n) is 5.92. The van der Waals surface area contributed by atoms with Crippen LogP contribution in [-0.2, 0) is 11.3 Å². The molecule has 3 heteroatoms. The van der Waals surface area contributed by atoms with E-state index in [1.165, 1.54) is 16.3 Å². The summed E-state index contributed by atoms with van der Waals surface area (Å²) >= 11 is 0. The molecule has 2 N–H and O–H groups in total. The van der Waals surface area contributed by atoms with Gasteiger partial charge in [-0.15, -0.1) is 0 Å². The van der Waals surface area contributed by atoms with Crippen LogP contribution in [0.1, 0.15) is 31.2 Å². The van der Waals surface area contributed by atoms with E-state index in [2.05, 4.69) is 47.8 Å². The van der Waals surface area contributed by atoms with E-state index >= 15 is 0 Å². The SMILES string of the molecule is O=C(O)C1CCCC(NCc2cccc3ccccc23)C1. The molecule has 1 saturated carbocycles. The highest BCUT2D eigenvalue weighted by atomic mass is 16.4. The first kappa shape index (κ1) is 14.1. The van der Waals surface area contributed by atoms with Crippen LogP contribution in [0.4, 0.5) is 0 Å². The molecule has 3 nitrogen and oxygen atoms in total. The monoisotopic (exact) mass is 283 g/mol. The number of carboxylic acids is 1. The lowest BCUT2D eigenvalue weighted by molar-refractivity contribution is -0.143. The lowest BCUT2D eigenvalue weighted by Crippen LogP contribution is -2.36. The molecule has 2 aromatic carbocycles. The van der Waals surface area contributed by atoms with Gasteiger partial charge in [0.05, 0.1) is 5.92 Å². The number of hydrogen-bond donors (Lipinski definition) is 2. The van der Waals surface area contributed by atoms with Gasteiger partial charge in [-0.3, -0.25) is 4.79 Å². The molecule has 0 spiro atoms. The van der Waals surface area contributed by atoms with E-state index in [0.29, 0.717) is 6.04 Å². The van der Waals surface area contributed by atoms with Crippen LogP contribution in [0.3, 0.4) is 0 Å². The molecule has 0 bridgehead atoms. The van der Waals surface area contributed by atoms with Gasteiger partial charge >= 0.3 is 5.97 Å². The van der Waals surface area contributed by atoms with Crippen molar-refractivity contribution in [3.05, 3.63) is 48.0 Å². The fourth-order valence-electron chi connectivity index (χ4n) is 3.30. The molecule has 0 saturated heterocycles. The maximum absolute atomic E-state index is 11.1. The van der Waals surface area contributed by atoms with Crippen molar-refractivity contribution in [2.24, 2.45) is 5.92 Å². The number of nitrogens with one attached hydrogen (secondary N) is 1. The van der Waals surface area contributed by atoms with Gasteiger partial charge in [-0.1, -0.05) is 48.9 Å². The van der Waals surface area contributed by atoms with Crippen LogP contribution in [0.15, 0.2) is 42.5 Å². The Kier molecular flexibility index (Phi) is 4.20. The number of hydrogen-bond acceptors (Lipinski definition) is 2. The largest absolute Gasteiger partial charge is 0.481 e. The predicted molar refractivity (Wildman–Crippen MR) is 84.2 cm³/mol. The Bertz CT molecular complexity index is 633. The third kappa shape index (κ3) is 3.24. The smallest absolute Gasteiger partial charge is 0.306 e. The van der Waals surface area contributed by atoms with Crippen molar-refractivity contribution in [3.8, 4) is 0 Å². The summed E-state index contributed by atoms with van der Waals surface area (Å²) in [4.78, 5) is 11.1. The number of carboxylic acid groups (broad SMARTS) is 1. The summed E-state index contributed by atoms with van der Waals surface area (Å²) in [7, 11) is 0. The number of carbonyl (C=O) groups is 1. The molecule has 0 aromatic heterocycles. The fraction of sp³-hybridized carbons (Fsp3) is 0.389. The van der Waals surface area contributed by atoms with Gasteiger partial charge in [-0.2, -0.15) is 0 Å². The average Bonchev–Trinajstić information content (AvgIpc) is 2.53. The zero-order valence-electron chi connectivity index (χ0n) is 12.1. The van der Waals surface area contributed by atoms with Crippen LogP contribution >= 0.6 is 0 Å². The fourth-order valence-corrected chi connectivity index (χ4v) is 3.30. The van der Waals surface area contributed by atoms with E-state index in [-0.39, 0.29) is 5.92 Å². The summed E-state index contributed by atoms with van der Waals surface area (Å²) in [6.45, 7) is 0.804. The van der Waals surface area contributed by atoms with E-state index < -0.39 is 5.97 Å². The molecule has 0 radical (unpaired) electrons. The highest BCUT2D eigenvalue weighted by Gasteiger charge is 2.26. The summed E-state index contributed by atoms with van der Waals surface area (Å²) in [6, 6.07) is 15.1. The van der Waals surface area contributed by atoms with Crippen molar-refractivity contribution in [2.45, 2.75) is 38.3 Å². The lowest BCUT2D eigenvalue weighted by atomic mass is 9.85. The maximum Gasteiger partial charge on any atom is 0.306 e. The van der Waals surface area contributed by atoms with E-state index in [1.54, 1.807) is 0 Å². The Balaban J connectivity index is 1.68. The molecule has 2 atom stereocenters. The molecule has 0 heterocycles. The van der Waals surface area contributed by atoms with Gasteiger partial charge in [-0.05, 0) is 35.6 Å². The zero-order valence-corrected chi connectivity index (χ0v) is 12.1. The Labute approximate surface area is 125 Å². The summed E-state index contributed by atoms with van der Waals surface area (Å²) in [6.07, 6.45) is 3.65. The number of aliphatic carboxylic acids is 1. The van der Waals surface area contributed by atoms with Crippen LogP contribution in [0, 0.1) is 5.92 Å². The highest BCUT2D eigenvalue weighted by molar-refractivity contribution is 5.85. The first-order valence-corrected chi connectivity index (χ1v) is 7.67. The van der Waals surface area contributed by atoms with Gasteiger partial charge in [0, 0.05) is 12.6 Å². The van der Waals surface area contributed by atoms with Crippen molar-refractivity contribution >= 4 is 16.7 Å². The van der Waals surface area contributed by atoms with E-state index in [0.717, 1.165) is 32.2 Å². The number of fused-ring (bicyclic) bond motifs is 1. The quantitative estimate of drug-likeness (QED) is 0.901. The minimum Gasteiger partial charge on any atom is -0.481 e. The normalized spacial score (nSPS) is 22.3. The Morgan fingerprint density at radius 2 is 1.95 bits per heavy atom. The van der Waals surface area contributed by atoms with Crippen LogP contribution in [0.2, 0.25) is 0 Å². The van der Waals surface area contributed by atoms with Gasteiger partial charge in [0.1, 0.15) is 0 Å². The topological polar surface area (TPSA) is 49.3 Å². The van der Waals surface area contributed by atoms with Crippen molar-refractivity contribution in [2.75, 3.05) is 0 Å². The molecule has 1 fully saturated rings. The summed E-state index contributed by atoms with van der Waals surface area (Å²) in [5, 5.41) is 15.2. The molecule has 1 aliphatic carbocycles. The lowest BCUT2D eigenvalue weighted by Gasteiger charge is -2.27. The molecule has 2 unspecified atom stereocenters. The molecule has 110 valence electrons. The van der Waals surface area contributed by atoms with Crippen molar-refractivity contribution < 1.29 is 9.90 Å². The minimum absolute atomic E-state index is 0.177. The van der Waals surface area contributed by atoms with Crippen molar-refractivity contribution in [1.82, 2.24) is 5.32 Å². The standard InChI is InChI=1S/C18H21NO2/c20-18(21)14-7-4-9-16(11-14)19-12-15-8-3-6-13-5-1-2-10-17(13)15/h1-3,5-6,8,10,14,16,19H,4,7,9,11-12H2,(H,20,21). The van der Waals surface area contributed by atoms with E-state index in [1.807, 2.05) is 0 Å². The molecule has 0 aliphatic heterocycles. The van der Waals surface area contributed by atoms with Gasteiger partial charge in [0.15, 0.2) is 0 Å². The Morgan fingerprint density at radius 1 is 1.14 bits per heavy atom. The molecule has 2 aromatic rings. The first-order chi connectivity index (χ1) is 10.2. The van der Waals surface area contributed by atoms with Gasteiger partial charge in [-0.25, -0.2) is 0 Å². The van der Waals surface area contributed by atoms with Gasteiger partial charge in [0.25, 0.3) is 0 Å². The number of benzene rings is 2. The molecule has 21 heavy (non-hydrogen) atoms. The van der Waals surface area contributed by atoms with E-state index in [4.69, 9.17) is 5.11 Å². The second kappa shape index (κ2) is 6.27. The van der Waals surface area contributed by atoms with Gasteiger partial charge in [0.2, 0.25) is 0 Å². The summed E-state index contributed by atoms with van der Waals surface area (Å²) in [5.41, 5.74) is 1.28. The number of rotatable bonds is 4. The van der Waals surface area contributed by atoms with Crippen molar-refractivity contribution in [1.29, 1.82) is 0 Å².